The van der Waals surface area contributed by atoms with Crippen LogP contribution in [0.5, 0.6) is 0 Å². The van der Waals surface area contributed by atoms with Gasteiger partial charge in [0.05, 0.1) is 0 Å². The molecule has 0 bridgehead atoms. The van der Waals surface area contributed by atoms with Crippen LogP contribution in [-0.2, 0) is 4.79 Å². The van der Waals surface area contributed by atoms with Crippen molar-refractivity contribution < 1.29 is 4.79 Å². The highest BCUT2D eigenvalue weighted by Gasteiger charge is 2.25. The standard InChI is InChI=1S/C11H22N2O/c1-9(2)11(14)13-7-5-6-10(8-13)12(3)4/h9-10H,5-8H2,1-4H3. The summed E-state index contributed by atoms with van der Waals surface area (Å²) in [4.78, 5) is 16.0. The van der Waals surface area contributed by atoms with Crippen LogP contribution in [0.2, 0.25) is 0 Å². The molecule has 1 saturated heterocycles. The summed E-state index contributed by atoms with van der Waals surface area (Å²) in [6, 6.07) is 0.548. The summed E-state index contributed by atoms with van der Waals surface area (Å²) >= 11 is 0. The molecule has 1 heterocycles. The Hall–Kier alpha value is -0.570. The molecule has 1 fully saturated rings. The Balaban J connectivity index is 2.51. The van der Waals surface area contributed by atoms with Crippen molar-refractivity contribution in [3.05, 3.63) is 0 Å². The van der Waals surface area contributed by atoms with Gasteiger partial charge in [0, 0.05) is 25.0 Å². The predicted molar refractivity (Wildman–Crippen MR) is 58.1 cm³/mol. The lowest BCUT2D eigenvalue weighted by molar-refractivity contribution is -0.136. The van der Waals surface area contributed by atoms with Gasteiger partial charge in [-0.2, -0.15) is 0 Å². The lowest BCUT2D eigenvalue weighted by atomic mass is 10.0. The Morgan fingerprint density at radius 3 is 2.57 bits per heavy atom. The van der Waals surface area contributed by atoms with Gasteiger partial charge in [-0.15, -0.1) is 0 Å². The Morgan fingerprint density at radius 2 is 2.07 bits per heavy atom. The van der Waals surface area contributed by atoms with E-state index in [9.17, 15) is 4.79 Å². The quantitative estimate of drug-likeness (QED) is 0.665. The third kappa shape index (κ3) is 2.71. The van der Waals surface area contributed by atoms with Crippen molar-refractivity contribution in [2.24, 2.45) is 5.92 Å². The second-order valence-corrected chi connectivity index (χ2v) is 4.70. The van der Waals surface area contributed by atoms with E-state index in [2.05, 4.69) is 19.0 Å². The van der Waals surface area contributed by atoms with E-state index < -0.39 is 0 Å². The maximum absolute atomic E-state index is 11.8. The molecule has 1 unspecified atom stereocenters. The molecule has 0 aromatic carbocycles. The third-order valence-electron chi connectivity index (χ3n) is 2.93. The molecule has 1 aliphatic heterocycles. The molecule has 0 saturated carbocycles. The molecule has 0 aromatic heterocycles. The average Bonchev–Trinajstić information content (AvgIpc) is 2.16. The Kier molecular flexibility index (Phi) is 3.93. The van der Waals surface area contributed by atoms with Crippen molar-refractivity contribution in [2.45, 2.75) is 32.7 Å². The first-order chi connectivity index (χ1) is 6.52. The SMILES string of the molecule is CC(C)C(=O)N1CCCC(N(C)C)C1. The number of likely N-dealkylation sites (tertiary alicyclic amines) is 1. The Morgan fingerprint density at radius 1 is 1.43 bits per heavy atom. The highest BCUT2D eigenvalue weighted by molar-refractivity contribution is 5.78. The highest BCUT2D eigenvalue weighted by Crippen LogP contribution is 2.15. The van der Waals surface area contributed by atoms with Gasteiger partial charge in [-0.1, -0.05) is 13.8 Å². The average molecular weight is 198 g/mol. The zero-order valence-corrected chi connectivity index (χ0v) is 9.79. The number of nitrogens with zero attached hydrogens (tertiary/aromatic N) is 2. The van der Waals surface area contributed by atoms with Gasteiger partial charge in [0.1, 0.15) is 0 Å². The smallest absolute Gasteiger partial charge is 0.225 e. The normalized spacial score (nSPS) is 23.3. The van der Waals surface area contributed by atoms with Crippen LogP contribution >= 0.6 is 0 Å². The van der Waals surface area contributed by atoms with E-state index in [0.717, 1.165) is 19.5 Å². The minimum Gasteiger partial charge on any atom is -0.341 e. The molecule has 0 radical (unpaired) electrons. The second kappa shape index (κ2) is 4.78. The van der Waals surface area contributed by atoms with E-state index in [1.165, 1.54) is 6.42 Å². The maximum Gasteiger partial charge on any atom is 0.225 e. The number of hydrogen-bond acceptors (Lipinski definition) is 2. The summed E-state index contributed by atoms with van der Waals surface area (Å²) < 4.78 is 0. The van der Waals surface area contributed by atoms with E-state index in [-0.39, 0.29) is 5.92 Å². The zero-order valence-electron chi connectivity index (χ0n) is 9.79. The molecule has 1 atom stereocenters. The van der Waals surface area contributed by atoms with E-state index in [1.54, 1.807) is 0 Å². The molecule has 0 N–H and O–H groups in total. The number of likely N-dealkylation sites (N-methyl/N-ethyl adjacent to an activating group) is 1. The topological polar surface area (TPSA) is 23.6 Å². The lowest BCUT2D eigenvalue weighted by Gasteiger charge is -2.36. The van der Waals surface area contributed by atoms with Crippen molar-refractivity contribution in [1.29, 1.82) is 0 Å². The molecule has 1 aliphatic rings. The number of carbonyl (C=O) groups excluding carboxylic acids is 1. The van der Waals surface area contributed by atoms with Gasteiger partial charge in [-0.3, -0.25) is 4.79 Å². The lowest BCUT2D eigenvalue weighted by Crippen LogP contribution is -2.48. The van der Waals surface area contributed by atoms with Crippen molar-refractivity contribution in [2.75, 3.05) is 27.2 Å². The third-order valence-corrected chi connectivity index (χ3v) is 2.93. The first-order valence-corrected chi connectivity index (χ1v) is 5.47. The minimum absolute atomic E-state index is 0.135. The van der Waals surface area contributed by atoms with Crippen LogP contribution in [0.3, 0.4) is 0 Å². The highest BCUT2D eigenvalue weighted by atomic mass is 16.2. The van der Waals surface area contributed by atoms with Gasteiger partial charge in [0.15, 0.2) is 0 Å². The molecular weight excluding hydrogens is 176 g/mol. The fraction of sp³-hybridized carbons (Fsp3) is 0.909. The van der Waals surface area contributed by atoms with Crippen LogP contribution in [-0.4, -0.2) is 48.9 Å². The van der Waals surface area contributed by atoms with Crippen LogP contribution in [0.4, 0.5) is 0 Å². The summed E-state index contributed by atoms with van der Waals surface area (Å²) in [6.07, 6.45) is 2.36. The van der Waals surface area contributed by atoms with Crippen LogP contribution in [0, 0.1) is 5.92 Å². The summed E-state index contributed by atoms with van der Waals surface area (Å²) in [7, 11) is 4.18. The van der Waals surface area contributed by atoms with Gasteiger partial charge in [0.2, 0.25) is 5.91 Å². The largest absolute Gasteiger partial charge is 0.341 e. The molecule has 1 amide bonds. The molecule has 0 spiro atoms. The first kappa shape index (κ1) is 11.5. The zero-order chi connectivity index (χ0) is 10.7. The molecular formula is C11H22N2O. The van der Waals surface area contributed by atoms with Crippen molar-refractivity contribution in [3.63, 3.8) is 0 Å². The van der Waals surface area contributed by atoms with Gasteiger partial charge >= 0.3 is 0 Å². The van der Waals surface area contributed by atoms with E-state index in [1.807, 2.05) is 18.7 Å². The van der Waals surface area contributed by atoms with Gasteiger partial charge in [-0.05, 0) is 26.9 Å². The van der Waals surface area contributed by atoms with Gasteiger partial charge < -0.3 is 9.80 Å². The van der Waals surface area contributed by atoms with E-state index in [0.29, 0.717) is 11.9 Å². The van der Waals surface area contributed by atoms with Crippen LogP contribution in [0.1, 0.15) is 26.7 Å². The molecule has 3 nitrogen and oxygen atoms in total. The van der Waals surface area contributed by atoms with Crippen LogP contribution in [0.25, 0.3) is 0 Å². The van der Waals surface area contributed by atoms with Crippen molar-refractivity contribution in [1.82, 2.24) is 9.80 Å². The number of carbonyl (C=O) groups is 1. The van der Waals surface area contributed by atoms with Crippen molar-refractivity contribution >= 4 is 5.91 Å². The maximum atomic E-state index is 11.8. The van der Waals surface area contributed by atoms with E-state index in [4.69, 9.17) is 0 Å². The Bertz CT molecular complexity index is 201. The monoisotopic (exact) mass is 198 g/mol. The summed E-state index contributed by atoms with van der Waals surface area (Å²) in [5, 5.41) is 0. The molecule has 1 rings (SSSR count). The minimum atomic E-state index is 0.135. The van der Waals surface area contributed by atoms with Gasteiger partial charge in [-0.25, -0.2) is 0 Å². The fourth-order valence-electron chi connectivity index (χ4n) is 1.94. The molecule has 3 heteroatoms. The number of rotatable bonds is 2. The van der Waals surface area contributed by atoms with Crippen LogP contribution < -0.4 is 0 Å². The second-order valence-electron chi connectivity index (χ2n) is 4.70. The fourth-order valence-corrected chi connectivity index (χ4v) is 1.94. The molecule has 0 aromatic rings. The Labute approximate surface area is 87.1 Å². The molecule has 82 valence electrons. The van der Waals surface area contributed by atoms with Gasteiger partial charge in [0.25, 0.3) is 0 Å². The predicted octanol–water partition coefficient (Wildman–Crippen LogP) is 1.20. The molecule has 0 aliphatic carbocycles. The summed E-state index contributed by atoms with van der Waals surface area (Å²) in [5.74, 6) is 0.437. The van der Waals surface area contributed by atoms with Crippen molar-refractivity contribution in [3.8, 4) is 0 Å². The number of hydrogen-bond donors (Lipinski definition) is 0. The number of piperidine rings is 1. The molecule has 14 heavy (non-hydrogen) atoms. The van der Waals surface area contributed by atoms with Crippen LogP contribution in [0.15, 0.2) is 0 Å². The summed E-state index contributed by atoms with van der Waals surface area (Å²) in [5.41, 5.74) is 0. The van der Waals surface area contributed by atoms with E-state index >= 15 is 0 Å². The summed E-state index contributed by atoms with van der Waals surface area (Å²) in [6.45, 7) is 5.80. The number of amides is 1. The first-order valence-electron chi connectivity index (χ1n) is 5.47.